The number of amides is 1. The van der Waals surface area contributed by atoms with E-state index in [1.165, 1.54) is 17.5 Å². The Labute approximate surface area is 147 Å². The molecule has 3 N–H and O–H groups in total. The van der Waals surface area contributed by atoms with Gasteiger partial charge >= 0.3 is 0 Å². The van der Waals surface area contributed by atoms with Crippen LogP contribution in [0, 0.1) is 0 Å². The Balaban J connectivity index is 1.32. The van der Waals surface area contributed by atoms with Gasteiger partial charge in [-0.3, -0.25) is 15.6 Å². The summed E-state index contributed by atoms with van der Waals surface area (Å²) in [4.78, 5) is 11.8. The molecule has 2 aliphatic rings. The molecule has 0 aromatic heterocycles. The van der Waals surface area contributed by atoms with E-state index in [1.54, 1.807) is 0 Å². The Kier molecular flexibility index (Phi) is 5.87. The van der Waals surface area contributed by atoms with Crippen LogP contribution in [-0.2, 0) is 22.4 Å². The number of ether oxygens (including phenoxy) is 2. The summed E-state index contributed by atoms with van der Waals surface area (Å²) in [5.41, 5.74) is 7.90. The molecule has 1 saturated heterocycles. The van der Waals surface area contributed by atoms with Crippen molar-refractivity contribution in [2.75, 3.05) is 19.8 Å². The Morgan fingerprint density at radius 3 is 2.96 bits per heavy atom. The van der Waals surface area contributed by atoms with Crippen molar-refractivity contribution in [1.29, 1.82) is 0 Å². The lowest BCUT2D eigenvalue weighted by Crippen LogP contribution is -2.49. The highest BCUT2D eigenvalue weighted by atomic mass is 32.1. The molecule has 7 heteroatoms. The van der Waals surface area contributed by atoms with Crippen molar-refractivity contribution in [1.82, 2.24) is 16.2 Å². The number of rotatable bonds is 5. The van der Waals surface area contributed by atoms with E-state index < -0.39 is 0 Å². The third kappa shape index (κ3) is 4.82. The average molecular weight is 349 g/mol. The van der Waals surface area contributed by atoms with Gasteiger partial charge in [-0.25, -0.2) is 0 Å². The number of fused-ring (bicyclic) bond motifs is 1. The maximum atomic E-state index is 11.8. The van der Waals surface area contributed by atoms with Crippen LogP contribution in [-0.4, -0.2) is 36.9 Å². The summed E-state index contributed by atoms with van der Waals surface area (Å²) in [6.07, 6.45) is 5.74. The van der Waals surface area contributed by atoms with Crippen molar-refractivity contribution in [3.05, 3.63) is 29.3 Å². The van der Waals surface area contributed by atoms with Crippen LogP contribution in [0.1, 0.15) is 30.4 Å². The van der Waals surface area contributed by atoms with Gasteiger partial charge in [0.25, 0.3) is 5.91 Å². The van der Waals surface area contributed by atoms with Gasteiger partial charge in [-0.05, 0) is 67.6 Å². The molecule has 1 amide bonds. The highest BCUT2D eigenvalue weighted by Crippen LogP contribution is 2.25. The standard InChI is InChI=1S/C17H23N3O3S/c21-16(19-20-17(24)18-10-15-5-2-8-22-15)11-23-14-7-6-12-3-1-4-13(12)9-14/h6-7,9,15H,1-5,8,10-11H2,(H,19,21)(H2,18,20,24)/t15-/m1/s1. The van der Waals surface area contributed by atoms with E-state index in [1.807, 2.05) is 12.1 Å². The van der Waals surface area contributed by atoms with Crippen LogP contribution < -0.4 is 20.9 Å². The zero-order valence-electron chi connectivity index (χ0n) is 13.6. The first kappa shape index (κ1) is 17.0. The van der Waals surface area contributed by atoms with E-state index in [9.17, 15) is 4.79 Å². The van der Waals surface area contributed by atoms with Crippen LogP contribution in [0.5, 0.6) is 5.75 Å². The van der Waals surface area contributed by atoms with Crippen molar-refractivity contribution in [3.63, 3.8) is 0 Å². The fourth-order valence-corrected chi connectivity index (χ4v) is 3.14. The quantitative estimate of drug-likeness (QED) is 0.549. The first-order valence-corrected chi connectivity index (χ1v) is 8.80. The lowest BCUT2D eigenvalue weighted by molar-refractivity contribution is -0.123. The molecule has 1 aliphatic heterocycles. The van der Waals surface area contributed by atoms with Gasteiger partial charge in [0.2, 0.25) is 0 Å². The minimum absolute atomic E-state index is 0.0554. The summed E-state index contributed by atoms with van der Waals surface area (Å²) >= 11 is 5.11. The number of hydrazine groups is 1. The van der Waals surface area contributed by atoms with Crippen molar-refractivity contribution in [3.8, 4) is 5.75 Å². The largest absolute Gasteiger partial charge is 0.484 e. The SMILES string of the molecule is O=C(COc1ccc2c(c1)CCC2)NNC(=S)NC[C@H]1CCCO1. The fourth-order valence-electron chi connectivity index (χ4n) is 3.01. The lowest BCUT2D eigenvalue weighted by Gasteiger charge is -2.14. The minimum Gasteiger partial charge on any atom is -0.484 e. The van der Waals surface area contributed by atoms with E-state index in [0.29, 0.717) is 11.7 Å². The zero-order valence-corrected chi connectivity index (χ0v) is 14.4. The normalized spacial score (nSPS) is 18.8. The monoisotopic (exact) mass is 349 g/mol. The van der Waals surface area contributed by atoms with Crippen LogP contribution in [0.25, 0.3) is 0 Å². The molecule has 1 aromatic carbocycles. The van der Waals surface area contributed by atoms with E-state index in [0.717, 1.165) is 38.0 Å². The first-order valence-electron chi connectivity index (χ1n) is 8.39. The molecule has 0 unspecified atom stereocenters. The third-order valence-electron chi connectivity index (χ3n) is 4.27. The Hall–Kier alpha value is -1.86. The van der Waals surface area contributed by atoms with Gasteiger partial charge in [0, 0.05) is 13.2 Å². The molecular formula is C17H23N3O3S. The van der Waals surface area contributed by atoms with Gasteiger partial charge in [0.05, 0.1) is 6.10 Å². The number of carbonyl (C=O) groups is 1. The molecule has 0 saturated carbocycles. The van der Waals surface area contributed by atoms with E-state index >= 15 is 0 Å². The number of nitrogens with one attached hydrogen (secondary N) is 3. The predicted octanol–water partition coefficient (Wildman–Crippen LogP) is 1.23. The molecule has 1 aromatic rings. The predicted molar refractivity (Wildman–Crippen MR) is 94.8 cm³/mol. The average Bonchev–Trinajstić information content (AvgIpc) is 3.26. The molecule has 130 valence electrons. The van der Waals surface area contributed by atoms with Gasteiger partial charge in [0.1, 0.15) is 5.75 Å². The van der Waals surface area contributed by atoms with E-state index in [4.69, 9.17) is 21.7 Å². The van der Waals surface area contributed by atoms with Gasteiger partial charge in [-0.2, -0.15) is 0 Å². The van der Waals surface area contributed by atoms with Gasteiger partial charge < -0.3 is 14.8 Å². The fraction of sp³-hybridized carbons (Fsp3) is 0.529. The number of thiocarbonyl (C=S) groups is 1. The van der Waals surface area contributed by atoms with Crippen LogP contribution in [0.15, 0.2) is 18.2 Å². The molecule has 0 bridgehead atoms. The van der Waals surface area contributed by atoms with Crippen molar-refractivity contribution >= 4 is 23.2 Å². The number of carbonyl (C=O) groups excluding carboxylic acids is 1. The Morgan fingerprint density at radius 1 is 1.25 bits per heavy atom. The Bertz CT molecular complexity index is 603. The molecule has 1 atom stereocenters. The summed E-state index contributed by atoms with van der Waals surface area (Å²) in [5.74, 6) is 0.446. The zero-order chi connectivity index (χ0) is 16.8. The molecule has 3 rings (SSSR count). The topological polar surface area (TPSA) is 71.6 Å². The third-order valence-corrected chi connectivity index (χ3v) is 4.52. The molecule has 0 radical (unpaired) electrons. The lowest BCUT2D eigenvalue weighted by atomic mass is 10.1. The molecule has 1 aliphatic carbocycles. The van der Waals surface area contributed by atoms with Crippen LogP contribution >= 0.6 is 12.2 Å². The van der Waals surface area contributed by atoms with Crippen molar-refractivity contribution in [2.45, 2.75) is 38.2 Å². The Morgan fingerprint density at radius 2 is 2.12 bits per heavy atom. The van der Waals surface area contributed by atoms with Crippen LogP contribution in [0.2, 0.25) is 0 Å². The smallest absolute Gasteiger partial charge is 0.276 e. The summed E-state index contributed by atoms with van der Waals surface area (Å²) in [7, 11) is 0. The molecular weight excluding hydrogens is 326 g/mol. The number of hydrogen-bond acceptors (Lipinski definition) is 4. The molecule has 6 nitrogen and oxygen atoms in total. The van der Waals surface area contributed by atoms with Crippen LogP contribution in [0.3, 0.4) is 0 Å². The molecule has 24 heavy (non-hydrogen) atoms. The first-order chi connectivity index (χ1) is 11.7. The van der Waals surface area contributed by atoms with Gasteiger partial charge in [-0.1, -0.05) is 6.07 Å². The summed E-state index contributed by atoms with van der Waals surface area (Å²) < 4.78 is 11.0. The summed E-state index contributed by atoms with van der Waals surface area (Å²) in [6.45, 7) is 1.40. The van der Waals surface area contributed by atoms with Crippen molar-refractivity contribution in [2.24, 2.45) is 0 Å². The van der Waals surface area contributed by atoms with E-state index in [-0.39, 0.29) is 18.6 Å². The number of aryl methyl sites for hydroxylation is 2. The summed E-state index contributed by atoms with van der Waals surface area (Å²) in [6, 6.07) is 6.02. The van der Waals surface area contributed by atoms with Crippen molar-refractivity contribution < 1.29 is 14.3 Å². The van der Waals surface area contributed by atoms with Gasteiger partial charge in [0.15, 0.2) is 11.7 Å². The second kappa shape index (κ2) is 8.30. The maximum Gasteiger partial charge on any atom is 0.276 e. The van der Waals surface area contributed by atoms with Crippen LogP contribution in [0.4, 0.5) is 0 Å². The molecule has 1 heterocycles. The van der Waals surface area contributed by atoms with E-state index in [2.05, 4.69) is 22.2 Å². The summed E-state index contributed by atoms with van der Waals surface area (Å²) in [5, 5.41) is 3.39. The molecule has 0 spiro atoms. The highest BCUT2D eigenvalue weighted by Gasteiger charge is 2.15. The minimum atomic E-state index is -0.281. The number of hydrogen-bond donors (Lipinski definition) is 3. The second-order valence-corrected chi connectivity index (χ2v) is 6.50. The highest BCUT2D eigenvalue weighted by molar-refractivity contribution is 7.80. The maximum absolute atomic E-state index is 11.8. The second-order valence-electron chi connectivity index (χ2n) is 6.09. The molecule has 1 fully saturated rings. The van der Waals surface area contributed by atoms with Gasteiger partial charge in [-0.15, -0.1) is 0 Å². The number of benzene rings is 1.